The van der Waals surface area contributed by atoms with Crippen LogP contribution in [0, 0.1) is 0 Å². The number of carbonyl (C=O) groups excluding carboxylic acids is 1. The summed E-state index contributed by atoms with van der Waals surface area (Å²) in [6.07, 6.45) is 1.58. The van der Waals surface area contributed by atoms with E-state index in [1.165, 1.54) is 11.7 Å². The fraction of sp³-hybridized carbons (Fsp3) is 0.533. The number of likely N-dealkylation sites (N-methyl/N-ethyl adjacent to an activating group) is 2. The van der Waals surface area contributed by atoms with Gasteiger partial charge in [-0.1, -0.05) is 5.73 Å². The maximum atomic E-state index is 12.1. The van der Waals surface area contributed by atoms with Gasteiger partial charge in [0.25, 0.3) is 11.5 Å². The van der Waals surface area contributed by atoms with Crippen LogP contribution in [0.2, 0.25) is 0 Å². The van der Waals surface area contributed by atoms with Crippen LogP contribution in [0.15, 0.2) is 16.3 Å². The summed E-state index contributed by atoms with van der Waals surface area (Å²) in [4.78, 5) is 28.2. The van der Waals surface area contributed by atoms with Crippen LogP contribution in [0.5, 0.6) is 0 Å². The molecule has 0 bridgehead atoms. The van der Waals surface area contributed by atoms with Crippen molar-refractivity contribution in [2.75, 3.05) is 27.7 Å². The largest absolute Gasteiger partial charge is 0.354 e. The quantitative estimate of drug-likeness (QED) is 0.765. The lowest BCUT2D eigenvalue weighted by Gasteiger charge is -2.26. The Kier molecular flexibility index (Phi) is 3.94. The zero-order valence-electron chi connectivity index (χ0n) is 13.9. The molecule has 1 fully saturated rings. The van der Waals surface area contributed by atoms with Crippen LogP contribution in [0.3, 0.4) is 0 Å². The van der Waals surface area contributed by atoms with Crippen LogP contribution in [0.1, 0.15) is 29.9 Å². The van der Waals surface area contributed by atoms with Gasteiger partial charge < -0.3 is 15.1 Å². The highest BCUT2D eigenvalue weighted by atomic mass is 16.2. The summed E-state index contributed by atoms with van der Waals surface area (Å²) in [5.41, 5.74) is 3.45. The number of carbonyl (C=O) groups is 1. The highest BCUT2D eigenvalue weighted by Crippen LogP contribution is 2.28. The van der Waals surface area contributed by atoms with Gasteiger partial charge in [-0.05, 0) is 19.9 Å². The summed E-state index contributed by atoms with van der Waals surface area (Å²) in [5, 5.41) is 5.29. The molecule has 2 rings (SSSR count). The van der Waals surface area contributed by atoms with E-state index in [1.54, 1.807) is 13.1 Å². The van der Waals surface area contributed by atoms with Crippen molar-refractivity contribution < 1.29 is 4.79 Å². The van der Waals surface area contributed by atoms with Crippen molar-refractivity contribution in [3.63, 3.8) is 0 Å². The Balaban J connectivity index is 2.53. The Morgan fingerprint density at radius 2 is 2.00 bits per heavy atom. The topological polar surface area (TPSA) is 73.4 Å². The van der Waals surface area contributed by atoms with E-state index in [2.05, 4.69) is 39.8 Å². The first-order chi connectivity index (χ1) is 10.2. The molecule has 0 aliphatic carbocycles. The smallest absolute Gasteiger partial charge is 0.274 e. The highest BCUT2D eigenvalue weighted by molar-refractivity contribution is 5.95. The fourth-order valence-corrected chi connectivity index (χ4v) is 2.65. The number of aromatic amines is 1. The number of aromatic nitrogens is 2. The molecule has 0 aromatic carbocycles. The summed E-state index contributed by atoms with van der Waals surface area (Å²) in [6, 6.07) is 0. The Morgan fingerprint density at radius 3 is 2.50 bits per heavy atom. The Labute approximate surface area is 129 Å². The van der Waals surface area contributed by atoms with Crippen molar-refractivity contribution >= 4 is 12.0 Å². The Bertz CT molecular complexity index is 719. The first-order valence-corrected chi connectivity index (χ1v) is 7.12. The molecule has 1 aliphatic heterocycles. The number of nitrogens with one attached hydrogen (secondary N) is 2. The van der Waals surface area contributed by atoms with Gasteiger partial charge in [0.2, 0.25) is 0 Å². The third-order valence-electron chi connectivity index (χ3n) is 4.09. The zero-order valence-corrected chi connectivity index (χ0v) is 13.9. The van der Waals surface area contributed by atoms with Crippen LogP contribution in [0.4, 0.5) is 0 Å². The number of hydrogen-bond donors (Lipinski definition) is 2. The maximum absolute atomic E-state index is 12.1. The van der Waals surface area contributed by atoms with Gasteiger partial charge in [-0.3, -0.25) is 19.4 Å². The lowest BCUT2D eigenvalue weighted by Crippen LogP contribution is -2.36. The van der Waals surface area contributed by atoms with Gasteiger partial charge >= 0.3 is 0 Å². The summed E-state index contributed by atoms with van der Waals surface area (Å²) in [5.74, 6) is 0.556. The van der Waals surface area contributed by atoms with Crippen LogP contribution < -0.4 is 10.9 Å². The minimum Gasteiger partial charge on any atom is -0.354 e. The van der Waals surface area contributed by atoms with Crippen LogP contribution >= 0.6 is 0 Å². The number of amides is 1. The van der Waals surface area contributed by atoms with E-state index in [1.807, 2.05) is 14.1 Å². The van der Waals surface area contributed by atoms with Crippen molar-refractivity contribution in [2.24, 2.45) is 7.05 Å². The van der Waals surface area contributed by atoms with E-state index in [-0.39, 0.29) is 22.7 Å². The molecule has 1 aromatic heterocycles. The van der Waals surface area contributed by atoms with Crippen LogP contribution in [-0.4, -0.2) is 58.7 Å². The Morgan fingerprint density at radius 1 is 1.36 bits per heavy atom. The predicted molar refractivity (Wildman–Crippen MR) is 85.4 cm³/mol. The van der Waals surface area contributed by atoms with E-state index in [0.717, 1.165) is 12.4 Å². The third-order valence-corrected chi connectivity index (χ3v) is 4.09. The lowest BCUT2D eigenvalue weighted by atomic mass is 10.1. The molecule has 0 unspecified atom stereocenters. The van der Waals surface area contributed by atoms with Gasteiger partial charge in [0.05, 0.1) is 11.1 Å². The van der Waals surface area contributed by atoms with Crippen molar-refractivity contribution in [3.05, 3.63) is 33.2 Å². The molecule has 0 saturated carbocycles. The first kappa shape index (κ1) is 16.0. The maximum Gasteiger partial charge on any atom is 0.274 e. The van der Waals surface area contributed by atoms with Gasteiger partial charge in [0.1, 0.15) is 11.5 Å². The van der Waals surface area contributed by atoms with E-state index >= 15 is 0 Å². The lowest BCUT2D eigenvalue weighted by molar-refractivity contribution is 0.0957. The Hall–Kier alpha value is -2.40. The summed E-state index contributed by atoms with van der Waals surface area (Å²) >= 11 is 0. The normalized spacial score (nSPS) is 16.7. The SMILES string of the molecule is CNC(=O)c1[nH]n(C)c(=O)c1C=C=C1N(C)CC(C)(C)N1C. The zero-order chi connectivity index (χ0) is 16.7. The van der Waals surface area contributed by atoms with E-state index in [9.17, 15) is 9.59 Å². The second-order valence-corrected chi connectivity index (χ2v) is 6.18. The van der Waals surface area contributed by atoms with Crippen molar-refractivity contribution in [2.45, 2.75) is 19.4 Å². The molecule has 0 spiro atoms. The molecule has 2 N–H and O–H groups in total. The average molecular weight is 305 g/mol. The molecule has 1 aliphatic rings. The minimum atomic E-state index is -0.329. The summed E-state index contributed by atoms with van der Waals surface area (Å²) in [6.45, 7) is 5.15. The number of aryl methyl sites for hydroxylation is 1. The molecule has 120 valence electrons. The van der Waals surface area contributed by atoms with Crippen molar-refractivity contribution in [1.82, 2.24) is 24.9 Å². The standard InChI is InChI=1S/C15H23N5O2/c1-15(2)9-18(4)11(19(15)5)8-7-10-12(13(21)16-3)17-20(6)14(10)22/h7,17H,9H2,1-6H3,(H,16,21). The first-order valence-electron chi connectivity index (χ1n) is 7.12. The molecule has 0 atom stereocenters. The van der Waals surface area contributed by atoms with Gasteiger partial charge in [-0.2, -0.15) is 0 Å². The molecule has 22 heavy (non-hydrogen) atoms. The molecule has 1 aromatic rings. The molecule has 2 heterocycles. The molecule has 7 heteroatoms. The molecule has 7 nitrogen and oxygen atoms in total. The van der Waals surface area contributed by atoms with Crippen LogP contribution in [-0.2, 0) is 7.05 Å². The highest BCUT2D eigenvalue weighted by Gasteiger charge is 2.35. The van der Waals surface area contributed by atoms with E-state index < -0.39 is 0 Å². The van der Waals surface area contributed by atoms with Crippen molar-refractivity contribution in [1.29, 1.82) is 0 Å². The van der Waals surface area contributed by atoms with Gasteiger partial charge in [0, 0.05) is 34.7 Å². The number of rotatable bonds is 2. The van der Waals surface area contributed by atoms with Crippen molar-refractivity contribution in [3.8, 4) is 0 Å². The molecule has 0 radical (unpaired) electrons. The minimum absolute atomic E-state index is 0.00233. The van der Waals surface area contributed by atoms with E-state index in [4.69, 9.17) is 0 Å². The molecule has 1 saturated heterocycles. The van der Waals surface area contributed by atoms with Gasteiger partial charge in [-0.25, -0.2) is 0 Å². The molecular weight excluding hydrogens is 282 g/mol. The van der Waals surface area contributed by atoms with Crippen LogP contribution in [0.25, 0.3) is 6.08 Å². The van der Waals surface area contributed by atoms with Gasteiger partial charge in [0.15, 0.2) is 0 Å². The fourth-order valence-electron chi connectivity index (χ4n) is 2.65. The number of nitrogens with zero attached hydrogens (tertiary/aromatic N) is 3. The summed E-state index contributed by atoms with van der Waals surface area (Å²) < 4.78 is 1.29. The second-order valence-electron chi connectivity index (χ2n) is 6.18. The van der Waals surface area contributed by atoms with E-state index in [0.29, 0.717) is 5.56 Å². The molecular formula is C15H23N5O2. The second kappa shape index (κ2) is 5.42. The number of H-pyrrole nitrogens is 1. The molecule has 1 amide bonds. The predicted octanol–water partition coefficient (Wildman–Crippen LogP) is 0.182. The number of hydrogen-bond acceptors (Lipinski definition) is 4. The third kappa shape index (κ3) is 2.55. The van der Waals surface area contributed by atoms with Gasteiger partial charge in [-0.15, -0.1) is 0 Å². The average Bonchev–Trinajstić information content (AvgIpc) is 2.83. The monoisotopic (exact) mass is 305 g/mol. The summed E-state index contributed by atoms with van der Waals surface area (Å²) in [7, 11) is 7.09.